The van der Waals surface area contributed by atoms with Gasteiger partial charge in [-0.25, -0.2) is 4.39 Å². The van der Waals surface area contributed by atoms with Gasteiger partial charge < -0.3 is 11.1 Å². The Kier molecular flexibility index (Phi) is 3.74. The number of amides is 1. The Bertz CT molecular complexity index is 680. The van der Waals surface area contributed by atoms with Crippen molar-refractivity contribution in [3.05, 3.63) is 58.4 Å². The number of rotatable bonds is 2. The predicted octanol–water partition coefficient (Wildman–Crippen LogP) is 3.59. The third kappa shape index (κ3) is 2.79. The van der Waals surface area contributed by atoms with E-state index in [4.69, 9.17) is 5.73 Å². The van der Waals surface area contributed by atoms with Crippen molar-refractivity contribution in [3.63, 3.8) is 0 Å². The first-order valence-electron chi connectivity index (χ1n) is 6.32. The van der Waals surface area contributed by atoms with Gasteiger partial charge in [-0.2, -0.15) is 0 Å². The van der Waals surface area contributed by atoms with Gasteiger partial charge in [0.05, 0.1) is 0 Å². The lowest BCUT2D eigenvalue weighted by molar-refractivity contribution is 0.102. The molecular weight excluding hydrogens is 255 g/mol. The summed E-state index contributed by atoms with van der Waals surface area (Å²) in [5.41, 5.74) is 9.91. The van der Waals surface area contributed by atoms with Gasteiger partial charge in [0.2, 0.25) is 0 Å². The smallest absolute Gasteiger partial charge is 0.255 e. The van der Waals surface area contributed by atoms with Crippen molar-refractivity contribution in [2.45, 2.75) is 20.8 Å². The fourth-order valence-electron chi connectivity index (χ4n) is 1.98. The third-order valence-corrected chi connectivity index (χ3v) is 3.28. The van der Waals surface area contributed by atoms with Crippen molar-refractivity contribution >= 4 is 17.3 Å². The van der Waals surface area contributed by atoms with Crippen LogP contribution in [-0.2, 0) is 0 Å². The molecule has 0 heterocycles. The van der Waals surface area contributed by atoms with E-state index in [9.17, 15) is 9.18 Å². The van der Waals surface area contributed by atoms with Crippen molar-refractivity contribution < 1.29 is 9.18 Å². The van der Waals surface area contributed by atoms with Crippen LogP contribution in [0.2, 0.25) is 0 Å². The normalized spacial score (nSPS) is 10.4. The summed E-state index contributed by atoms with van der Waals surface area (Å²) in [6.45, 7) is 5.44. The van der Waals surface area contributed by atoms with Gasteiger partial charge in [0, 0.05) is 16.9 Å². The van der Waals surface area contributed by atoms with Gasteiger partial charge in [-0.3, -0.25) is 4.79 Å². The van der Waals surface area contributed by atoms with Crippen LogP contribution in [0.5, 0.6) is 0 Å². The fourth-order valence-corrected chi connectivity index (χ4v) is 1.98. The Morgan fingerprint density at radius 3 is 2.40 bits per heavy atom. The Labute approximate surface area is 117 Å². The van der Waals surface area contributed by atoms with Crippen LogP contribution in [0.4, 0.5) is 15.8 Å². The van der Waals surface area contributed by atoms with Gasteiger partial charge in [0.15, 0.2) is 0 Å². The molecule has 0 bridgehead atoms. The molecule has 2 aromatic carbocycles. The fraction of sp³-hybridized carbons (Fsp3) is 0.188. The van der Waals surface area contributed by atoms with Crippen LogP contribution in [0.25, 0.3) is 0 Å². The number of carbonyl (C=O) groups is 1. The highest BCUT2D eigenvalue weighted by Gasteiger charge is 2.10. The third-order valence-electron chi connectivity index (χ3n) is 3.28. The van der Waals surface area contributed by atoms with Crippen LogP contribution in [0.15, 0.2) is 30.3 Å². The quantitative estimate of drug-likeness (QED) is 0.821. The molecule has 2 rings (SSSR count). The van der Waals surface area contributed by atoms with E-state index in [1.165, 1.54) is 18.2 Å². The monoisotopic (exact) mass is 272 g/mol. The summed E-state index contributed by atoms with van der Waals surface area (Å²) < 4.78 is 13.2. The number of anilines is 2. The van der Waals surface area contributed by atoms with E-state index in [-0.39, 0.29) is 11.7 Å². The Morgan fingerprint density at radius 2 is 1.75 bits per heavy atom. The molecule has 0 radical (unpaired) electrons. The van der Waals surface area contributed by atoms with E-state index >= 15 is 0 Å². The molecule has 0 aromatic heterocycles. The molecule has 4 heteroatoms. The lowest BCUT2D eigenvalue weighted by Crippen LogP contribution is -2.13. The number of benzene rings is 2. The zero-order valence-corrected chi connectivity index (χ0v) is 11.8. The molecule has 104 valence electrons. The largest absolute Gasteiger partial charge is 0.398 e. The molecule has 0 fully saturated rings. The van der Waals surface area contributed by atoms with Crippen molar-refractivity contribution in [1.29, 1.82) is 0 Å². The van der Waals surface area contributed by atoms with E-state index in [2.05, 4.69) is 5.32 Å². The lowest BCUT2D eigenvalue weighted by Gasteiger charge is -2.11. The average molecular weight is 272 g/mol. The van der Waals surface area contributed by atoms with Crippen molar-refractivity contribution in [3.8, 4) is 0 Å². The minimum Gasteiger partial charge on any atom is -0.398 e. The molecule has 0 atom stereocenters. The number of aryl methyl sites for hydroxylation is 3. The molecule has 2 aromatic rings. The molecular formula is C16H17FN2O. The molecule has 0 saturated carbocycles. The maximum absolute atomic E-state index is 13.2. The minimum absolute atomic E-state index is 0.278. The van der Waals surface area contributed by atoms with Crippen molar-refractivity contribution in [2.24, 2.45) is 0 Å². The van der Waals surface area contributed by atoms with Crippen LogP contribution < -0.4 is 11.1 Å². The van der Waals surface area contributed by atoms with E-state index < -0.39 is 0 Å². The lowest BCUT2D eigenvalue weighted by atomic mass is 10.1. The Balaban J connectivity index is 2.27. The highest BCUT2D eigenvalue weighted by Crippen LogP contribution is 2.23. The molecule has 0 saturated heterocycles. The van der Waals surface area contributed by atoms with Crippen LogP contribution in [-0.4, -0.2) is 5.91 Å². The second kappa shape index (κ2) is 5.33. The summed E-state index contributed by atoms with van der Waals surface area (Å²) in [5.74, 6) is -0.600. The highest BCUT2D eigenvalue weighted by molar-refractivity contribution is 6.05. The molecule has 0 aliphatic heterocycles. The molecule has 0 spiro atoms. The van der Waals surface area contributed by atoms with Gasteiger partial charge in [0.1, 0.15) is 5.82 Å². The van der Waals surface area contributed by atoms with Gasteiger partial charge in [-0.05, 0) is 61.7 Å². The summed E-state index contributed by atoms with van der Waals surface area (Å²) in [6.07, 6.45) is 0. The number of halogens is 1. The number of nitrogen functional groups attached to an aromatic ring is 1. The second-order valence-electron chi connectivity index (χ2n) is 4.94. The second-order valence-corrected chi connectivity index (χ2v) is 4.94. The molecule has 0 aliphatic carbocycles. The first-order valence-corrected chi connectivity index (χ1v) is 6.32. The molecule has 3 N–H and O–H groups in total. The number of carbonyl (C=O) groups excluding carboxylic acids is 1. The Hall–Kier alpha value is -2.36. The standard InChI is InChI=1S/C16H17FN2O/c1-9-7-12(4-5-13(9)17)16(20)19-15-8-14(18)10(2)6-11(15)3/h4-8H,18H2,1-3H3,(H,19,20). The summed E-state index contributed by atoms with van der Waals surface area (Å²) in [7, 11) is 0. The van der Waals surface area contributed by atoms with E-state index in [1.807, 2.05) is 19.9 Å². The zero-order chi connectivity index (χ0) is 14.9. The summed E-state index contributed by atoms with van der Waals surface area (Å²) in [5, 5.41) is 2.80. The van der Waals surface area contributed by atoms with E-state index in [0.29, 0.717) is 22.5 Å². The maximum atomic E-state index is 13.2. The van der Waals surface area contributed by atoms with Crippen LogP contribution in [0.1, 0.15) is 27.0 Å². The summed E-state index contributed by atoms with van der Waals surface area (Å²) in [4.78, 5) is 12.2. The topological polar surface area (TPSA) is 55.1 Å². The predicted molar refractivity (Wildman–Crippen MR) is 79.4 cm³/mol. The molecule has 0 unspecified atom stereocenters. The first kappa shape index (κ1) is 14.1. The SMILES string of the molecule is Cc1cc(C)c(NC(=O)c2ccc(F)c(C)c2)cc1N. The Morgan fingerprint density at radius 1 is 1.05 bits per heavy atom. The van der Waals surface area contributed by atoms with Crippen molar-refractivity contribution in [1.82, 2.24) is 0 Å². The number of hydrogen-bond donors (Lipinski definition) is 2. The number of nitrogens with two attached hydrogens (primary N) is 1. The highest BCUT2D eigenvalue weighted by atomic mass is 19.1. The zero-order valence-electron chi connectivity index (χ0n) is 11.8. The van der Waals surface area contributed by atoms with Gasteiger partial charge in [-0.1, -0.05) is 6.07 Å². The van der Waals surface area contributed by atoms with Crippen molar-refractivity contribution in [2.75, 3.05) is 11.1 Å². The minimum atomic E-state index is -0.322. The maximum Gasteiger partial charge on any atom is 0.255 e. The first-order chi connectivity index (χ1) is 9.38. The van der Waals surface area contributed by atoms with Gasteiger partial charge in [-0.15, -0.1) is 0 Å². The molecule has 20 heavy (non-hydrogen) atoms. The summed E-state index contributed by atoms with van der Waals surface area (Å²) >= 11 is 0. The van der Waals surface area contributed by atoms with Gasteiger partial charge >= 0.3 is 0 Å². The van der Waals surface area contributed by atoms with Crippen LogP contribution in [0, 0.1) is 26.6 Å². The van der Waals surface area contributed by atoms with E-state index in [0.717, 1.165) is 11.1 Å². The average Bonchev–Trinajstić information content (AvgIpc) is 2.39. The van der Waals surface area contributed by atoms with E-state index in [1.54, 1.807) is 13.0 Å². The van der Waals surface area contributed by atoms with Crippen LogP contribution >= 0.6 is 0 Å². The number of hydrogen-bond acceptors (Lipinski definition) is 2. The van der Waals surface area contributed by atoms with Crippen LogP contribution in [0.3, 0.4) is 0 Å². The summed E-state index contributed by atoms with van der Waals surface area (Å²) in [6, 6.07) is 7.93. The molecule has 3 nitrogen and oxygen atoms in total. The molecule has 0 aliphatic rings. The van der Waals surface area contributed by atoms with Gasteiger partial charge in [0.25, 0.3) is 5.91 Å². The molecule has 1 amide bonds. The number of nitrogens with one attached hydrogen (secondary N) is 1.